The van der Waals surface area contributed by atoms with Crippen LogP contribution in [-0.4, -0.2) is 71.7 Å². The largest absolute Gasteiger partial charge is 0.434 e. The summed E-state index contributed by atoms with van der Waals surface area (Å²) < 4.78 is 1.31. The van der Waals surface area contributed by atoms with Crippen LogP contribution in [0.25, 0.3) is 0 Å². The van der Waals surface area contributed by atoms with Crippen LogP contribution in [0, 0.1) is 16.0 Å². The van der Waals surface area contributed by atoms with Gasteiger partial charge in [-0.3, -0.25) is 0 Å². The molecule has 0 saturated heterocycles. The lowest BCUT2D eigenvalue weighted by molar-refractivity contribution is -0.397. The van der Waals surface area contributed by atoms with E-state index < -0.39 is 22.1 Å². The number of nitro groups is 1. The number of rotatable bonds is 13. The molecule has 0 bridgehead atoms. The van der Waals surface area contributed by atoms with Crippen LogP contribution < -0.4 is 10.6 Å². The molecule has 1 aromatic heterocycles. The molecule has 0 aromatic carbocycles. The molecule has 0 amide bonds. The lowest BCUT2D eigenvalue weighted by Crippen LogP contribution is -2.52. The van der Waals surface area contributed by atoms with Crippen LogP contribution in [0.2, 0.25) is 0 Å². The zero-order valence-electron chi connectivity index (χ0n) is 19.0. The minimum atomic E-state index is -0.854. The fraction of sp³-hybridized carbons (Fsp3) is 0.737. The van der Waals surface area contributed by atoms with E-state index in [1.165, 1.54) is 17.0 Å². The van der Waals surface area contributed by atoms with E-state index in [0.29, 0.717) is 30.9 Å². The Morgan fingerprint density at radius 3 is 2.06 bits per heavy atom. The predicted molar refractivity (Wildman–Crippen MR) is 117 cm³/mol. The maximum atomic E-state index is 11.1. The van der Waals surface area contributed by atoms with Crippen LogP contribution in [0.3, 0.4) is 0 Å². The smallest absolute Gasteiger partial charge is 0.411 e. The summed E-state index contributed by atoms with van der Waals surface area (Å²) in [6.07, 6.45) is 2.27. The average molecular weight is 442 g/mol. The van der Waals surface area contributed by atoms with Crippen LogP contribution in [0.5, 0.6) is 0 Å². The first-order valence-corrected chi connectivity index (χ1v) is 10.1. The summed E-state index contributed by atoms with van der Waals surface area (Å²) in [6, 6.07) is 0. The molecular weight excluding hydrogens is 406 g/mol. The van der Waals surface area contributed by atoms with Crippen molar-refractivity contribution in [2.24, 2.45) is 16.2 Å². The van der Waals surface area contributed by atoms with Crippen molar-refractivity contribution in [1.29, 1.82) is 0 Å². The zero-order chi connectivity index (χ0) is 23.8. The van der Waals surface area contributed by atoms with Crippen LogP contribution in [0.15, 0.2) is 22.7 Å². The van der Waals surface area contributed by atoms with Crippen molar-refractivity contribution >= 4 is 17.4 Å². The molecular formula is C19H35N7O5. The van der Waals surface area contributed by atoms with Gasteiger partial charge in [0, 0.05) is 13.1 Å². The molecule has 5 N–H and O–H groups in total. The highest BCUT2D eigenvalue weighted by molar-refractivity contribution is 5.90. The van der Waals surface area contributed by atoms with Gasteiger partial charge in [0.1, 0.15) is 12.4 Å². The number of hydrogen-bond acceptors (Lipinski definition) is 10. The summed E-state index contributed by atoms with van der Waals surface area (Å²) in [7, 11) is 0. The number of aromatic nitrogens is 2. The van der Waals surface area contributed by atoms with Crippen LogP contribution >= 0.6 is 0 Å². The molecule has 176 valence electrons. The molecule has 0 radical (unpaired) electrons. The third kappa shape index (κ3) is 7.89. The molecule has 1 atom stereocenters. The van der Waals surface area contributed by atoms with Gasteiger partial charge in [0.05, 0.1) is 35.1 Å². The van der Waals surface area contributed by atoms with Gasteiger partial charge in [-0.05, 0) is 58.8 Å². The summed E-state index contributed by atoms with van der Waals surface area (Å²) in [6.45, 7) is 11.9. The normalized spacial score (nSPS) is 15.7. The lowest BCUT2D eigenvalue weighted by atomic mass is 9.94. The van der Waals surface area contributed by atoms with Gasteiger partial charge in [-0.25, -0.2) is 4.57 Å². The van der Waals surface area contributed by atoms with Crippen molar-refractivity contribution in [3.8, 4) is 0 Å². The third-order valence-corrected chi connectivity index (χ3v) is 5.64. The number of hydrogen-bond donors (Lipinski definition) is 5. The number of aliphatic hydroxyl groups is 1. The second kappa shape index (κ2) is 11.2. The Hall–Kier alpha value is -2.57. The summed E-state index contributed by atoms with van der Waals surface area (Å²) >= 11 is 0. The number of nitrogens with one attached hydrogen (secondary N) is 2. The van der Waals surface area contributed by atoms with Gasteiger partial charge in [0.2, 0.25) is 0 Å². The SMILES string of the molecule is C/C(=N\O)C(C)(C)NCC(CNC(C)(C)/C(C)=N/O)CC(O)Cn1ccnc1[N+](=O)[O-]. The first-order valence-electron chi connectivity index (χ1n) is 10.1. The Morgan fingerprint density at radius 1 is 1.16 bits per heavy atom. The van der Waals surface area contributed by atoms with Gasteiger partial charge in [-0.15, -0.1) is 0 Å². The number of nitrogens with zero attached hydrogens (tertiary/aromatic N) is 5. The maximum absolute atomic E-state index is 11.1. The van der Waals surface area contributed by atoms with Crippen molar-refractivity contribution in [3.05, 3.63) is 22.5 Å². The number of imidazole rings is 1. The topological polar surface area (TPSA) is 170 Å². The van der Waals surface area contributed by atoms with Gasteiger partial charge in [-0.2, -0.15) is 0 Å². The highest BCUT2D eigenvalue weighted by Crippen LogP contribution is 2.16. The molecule has 1 unspecified atom stereocenters. The Balaban J connectivity index is 2.90. The standard InChI is InChI=1S/C19H35N7O5/c1-13(23-28)18(3,4)21-10-15(11-22-19(5,6)14(2)24-29)9-16(27)12-25-8-7-20-17(25)26(30)31/h7-8,15-16,21-22,27-29H,9-12H2,1-6H3/b23-13+,24-14+. The van der Waals surface area contributed by atoms with Crippen LogP contribution in [-0.2, 0) is 6.54 Å². The van der Waals surface area contributed by atoms with Gasteiger partial charge < -0.3 is 36.3 Å². The van der Waals surface area contributed by atoms with E-state index in [1.807, 2.05) is 27.7 Å². The van der Waals surface area contributed by atoms with E-state index in [2.05, 4.69) is 25.9 Å². The molecule has 0 saturated carbocycles. The Morgan fingerprint density at radius 2 is 1.65 bits per heavy atom. The average Bonchev–Trinajstić information content (AvgIpc) is 3.16. The molecule has 1 rings (SSSR count). The van der Waals surface area contributed by atoms with Gasteiger partial charge in [-0.1, -0.05) is 15.3 Å². The van der Waals surface area contributed by atoms with E-state index >= 15 is 0 Å². The minimum Gasteiger partial charge on any atom is -0.411 e. The van der Waals surface area contributed by atoms with Crippen molar-refractivity contribution < 1.29 is 20.4 Å². The Bertz CT molecular complexity index is 754. The second-order valence-electron chi connectivity index (χ2n) is 8.77. The summed E-state index contributed by atoms with van der Waals surface area (Å²) in [5.74, 6) is -0.409. The summed E-state index contributed by atoms with van der Waals surface area (Å²) in [4.78, 5) is 14.2. The second-order valence-corrected chi connectivity index (χ2v) is 8.77. The van der Waals surface area contributed by atoms with Gasteiger partial charge >= 0.3 is 5.95 Å². The van der Waals surface area contributed by atoms with Gasteiger partial charge in [0.25, 0.3) is 0 Å². The summed E-state index contributed by atoms with van der Waals surface area (Å²) in [5, 5.41) is 53.0. The van der Waals surface area contributed by atoms with Crippen molar-refractivity contribution in [3.63, 3.8) is 0 Å². The molecule has 12 nitrogen and oxygen atoms in total. The molecule has 0 fully saturated rings. The van der Waals surface area contributed by atoms with Crippen molar-refractivity contribution in [2.75, 3.05) is 13.1 Å². The molecule has 1 aromatic rings. The monoisotopic (exact) mass is 441 g/mol. The highest BCUT2D eigenvalue weighted by Gasteiger charge is 2.28. The number of oxime groups is 2. The molecule has 0 aliphatic heterocycles. The molecule has 0 spiro atoms. The first kappa shape index (κ1) is 26.5. The maximum Gasteiger partial charge on any atom is 0.434 e. The van der Waals surface area contributed by atoms with Crippen molar-refractivity contribution in [2.45, 2.75) is 71.7 Å². The molecule has 1 heterocycles. The quantitative estimate of drug-likeness (QED) is 0.133. The van der Waals surface area contributed by atoms with E-state index in [1.54, 1.807) is 13.8 Å². The fourth-order valence-electron chi connectivity index (χ4n) is 2.85. The third-order valence-electron chi connectivity index (χ3n) is 5.64. The highest BCUT2D eigenvalue weighted by atomic mass is 16.6. The Kier molecular flexibility index (Phi) is 9.53. The van der Waals surface area contributed by atoms with Crippen LogP contribution in [0.1, 0.15) is 48.0 Å². The van der Waals surface area contributed by atoms with Crippen molar-refractivity contribution in [1.82, 2.24) is 20.2 Å². The fourth-order valence-corrected chi connectivity index (χ4v) is 2.85. The zero-order valence-corrected chi connectivity index (χ0v) is 19.0. The first-order chi connectivity index (χ1) is 14.3. The van der Waals surface area contributed by atoms with Gasteiger partial charge in [0.15, 0.2) is 0 Å². The van der Waals surface area contributed by atoms with E-state index in [-0.39, 0.29) is 18.4 Å². The van der Waals surface area contributed by atoms with Crippen LogP contribution in [0.4, 0.5) is 5.95 Å². The Labute approximate surface area is 182 Å². The molecule has 0 aliphatic carbocycles. The molecule has 31 heavy (non-hydrogen) atoms. The lowest BCUT2D eigenvalue weighted by Gasteiger charge is -2.32. The molecule has 0 aliphatic rings. The predicted octanol–water partition coefficient (Wildman–Crippen LogP) is 1.60. The van der Waals surface area contributed by atoms with E-state index in [9.17, 15) is 15.2 Å². The molecule has 12 heteroatoms. The van der Waals surface area contributed by atoms with E-state index in [4.69, 9.17) is 10.4 Å². The number of aliphatic hydroxyl groups excluding tert-OH is 1. The summed E-state index contributed by atoms with van der Waals surface area (Å²) in [5.41, 5.74) is -0.118. The minimum absolute atomic E-state index is 0.0356. The van der Waals surface area contributed by atoms with E-state index in [0.717, 1.165) is 0 Å².